The number of benzene rings is 4. The van der Waals surface area contributed by atoms with E-state index in [0.29, 0.717) is 23.4 Å². The molecular formula is C34H25N3O. The molecule has 0 amide bonds. The van der Waals surface area contributed by atoms with E-state index in [2.05, 4.69) is 67.6 Å². The van der Waals surface area contributed by atoms with Crippen LogP contribution in [0.2, 0.25) is 0 Å². The molecule has 7 rings (SSSR count). The fourth-order valence-corrected chi connectivity index (χ4v) is 5.06. The van der Waals surface area contributed by atoms with Crippen LogP contribution >= 0.6 is 0 Å². The lowest BCUT2D eigenvalue weighted by molar-refractivity contribution is 0.669. The lowest BCUT2D eigenvalue weighted by atomic mass is 9.97. The molecule has 2 aromatic heterocycles. The summed E-state index contributed by atoms with van der Waals surface area (Å²) in [6.45, 7) is 2.22. The maximum Gasteiger partial charge on any atom is 0.164 e. The van der Waals surface area contributed by atoms with Crippen molar-refractivity contribution < 1.29 is 4.42 Å². The van der Waals surface area contributed by atoms with Crippen molar-refractivity contribution in [1.82, 2.24) is 15.0 Å². The average molecular weight is 492 g/mol. The minimum absolute atomic E-state index is 0.508. The van der Waals surface area contributed by atoms with Crippen LogP contribution in [-0.2, 0) is 0 Å². The fraction of sp³-hybridized carbons (Fsp3) is 0.0882. The average Bonchev–Trinajstić information content (AvgIpc) is 3.36. The van der Waals surface area contributed by atoms with Crippen molar-refractivity contribution in [3.8, 4) is 33.9 Å². The van der Waals surface area contributed by atoms with Crippen LogP contribution in [0.15, 0.2) is 120 Å². The van der Waals surface area contributed by atoms with E-state index < -0.39 is 0 Å². The maximum atomic E-state index is 6.36. The van der Waals surface area contributed by atoms with Crippen molar-refractivity contribution in [2.75, 3.05) is 0 Å². The fourth-order valence-electron chi connectivity index (χ4n) is 5.06. The highest BCUT2D eigenvalue weighted by molar-refractivity contribution is 6.13. The highest BCUT2D eigenvalue weighted by Gasteiger charge is 2.20. The van der Waals surface area contributed by atoms with Gasteiger partial charge in [0.15, 0.2) is 17.5 Å². The number of nitrogens with zero attached hydrogens (tertiary/aromatic N) is 3. The van der Waals surface area contributed by atoms with Gasteiger partial charge in [0.25, 0.3) is 0 Å². The van der Waals surface area contributed by atoms with Crippen molar-refractivity contribution in [3.05, 3.63) is 121 Å². The Hall–Kier alpha value is -4.83. The molecule has 0 bridgehead atoms. The third-order valence-corrected chi connectivity index (χ3v) is 7.07. The van der Waals surface area contributed by atoms with Gasteiger partial charge in [0, 0.05) is 27.5 Å². The summed E-state index contributed by atoms with van der Waals surface area (Å²) >= 11 is 0. The minimum Gasteiger partial charge on any atom is -0.456 e. The first-order valence-electron chi connectivity index (χ1n) is 12.9. The molecule has 38 heavy (non-hydrogen) atoms. The van der Waals surface area contributed by atoms with E-state index in [1.165, 1.54) is 0 Å². The molecule has 0 saturated heterocycles. The van der Waals surface area contributed by atoms with E-state index in [0.717, 1.165) is 56.2 Å². The maximum absolute atomic E-state index is 6.36. The van der Waals surface area contributed by atoms with Crippen LogP contribution in [0.4, 0.5) is 0 Å². The van der Waals surface area contributed by atoms with Crippen molar-refractivity contribution in [1.29, 1.82) is 0 Å². The van der Waals surface area contributed by atoms with Gasteiger partial charge in [-0.15, -0.1) is 0 Å². The predicted octanol–water partition coefficient (Wildman–Crippen LogP) is 8.75. The molecular weight excluding hydrogens is 466 g/mol. The molecule has 0 saturated carbocycles. The number of allylic oxidation sites excluding steroid dienone is 4. The van der Waals surface area contributed by atoms with Gasteiger partial charge in [0.2, 0.25) is 0 Å². The standard InChI is InChI=1S/C34H25N3O/c1-22-16-18-25(19-17-22)33-35-32(24-12-6-3-7-13-24)36-34(37-33)28-20-26(23-10-4-2-5-11-23)21-30-31(28)27-14-8-9-15-29(27)38-30/h2-16,18-22H,17H2,1H3. The zero-order valence-electron chi connectivity index (χ0n) is 21.0. The first kappa shape index (κ1) is 22.4. The van der Waals surface area contributed by atoms with Crippen LogP contribution in [0, 0.1) is 5.92 Å². The number of hydrogen-bond acceptors (Lipinski definition) is 4. The number of para-hydroxylation sites is 1. The minimum atomic E-state index is 0.508. The molecule has 0 radical (unpaired) electrons. The summed E-state index contributed by atoms with van der Waals surface area (Å²) in [6, 6.07) is 32.9. The molecule has 0 spiro atoms. The Morgan fingerprint density at radius 1 is 0.658 bits per heavy atom. The normalized spacial score (nSPS) is 15.2. The Bertz CT molecular complexity index is 1850. The second kappa shape index (κ2) is 9.24. The Balaban J connectivity index is 1.53. The predicted molar refractivity (Wildman–Crippen MR) is 154 cm³/mol. The van der Waals surface area contributed by atoms with Crippen LogP contribution < -0.4 is 0 Å². The summed E-state index contributed by atoms with van der Waals surface area (Å²) < 4.78 is 6.36. The highest BCUT2D eigenvalue weighted by Crippen LogP contribution is 2.39. The van der Waals surface area contributed by atoms with Gasteiger partial charge in [-0.25, -0.2) is 15.0 Å². The third kappa shape index (κ3) is 4.00. The molecule has 0 aliphatic heterocycles. The van der Waals surface area contributed by atoms with E-state index in [9.17, 15) is 0 Å². The van der Waals surface area contributed by atoms with Gasteiger partial charge in [0.05, 0.1) is 0 Å². The van der Waals surface area contributed by atoms with E-state index in [1.807, 2.05) is 54.6 Å². The molecule has 1 aliphatic carbocycles. The van der Waals surface area contributed by atoms with Gasteiger partial charge in [-0.3, -0.25) is 0 Å². The number of fused-ring (bicyclic) bond motifs is 3. The molecule has 1 aliphatic rings. The molecule has 0 N–H and O–H groups in total. The Kier molecular flexibility index (Phi) is 5.44. The smallest absolute Gasteiger partial charge is 0.164 e. The number of furan rings is 1. The molecule has 6 aromatic rings. The highest BCUT2D eigenvalue weighted by atomic mass is 16.3. The zero-order valence-corrected chi connectivity index (χ0v) is 21.0. The summed E-state index contributed by atoms with van der Waals surface area (Å²) in [5, 5.41) is 2.06. The van der Waals surface area contributed by atoms with Gasteiger partial charge < -0.3 is 4.42 Å². The topological polar surface area (TPSA) is 51.8 Å². The van der Waals surface area contributed by atoms with E-state index in [1.54, 1.807) is 0 Å². The van der Waals surface area contributed by atoms with Gasteiger partial charge in [-0.2, -0.15) is 0 Å². The lowest BCUT2D eigenvalue weighted by Crippen LogP contribution is -2.04. The van der Waals surface area contributed by atoms with Crippen molar-refractivity contribution in [2.45, 2.75) is 13.3 Å². The molecule has 4 heteroatoms. The largest absolute Gasteiger partial charge is 0.456 e. The summed E-state index contributed by atoms with van der Waals surface area (Å²) in [5.74, 6) is 2.48. The number of aromatic nitrogens is 3. The molecule has 182 valence electrons. The lowest BCUT2D eigenvalue weighted by Gasteiger charge is -2.14. The van der Waals surface area contributed by atoms with Gasteiger partial charge in [-0.05, 0) is 41.7 Å². The van der Waals surface area contributed by atoms with Gasteiger partial charge >= 0.3 is 0 Å². The van der Waals surface area contributed by atoms with Crippen molar-refractivity contribution >= 4 is 27.5 Å². The van der Waals surface area contributed by atoms with E-state index >= 15 is 0 Å². The first-order chi connectivity index (χ1) is 18.7. The van der Waals surface area contributed by atoms with Gasteiger partial charge in [-0.1, -0.05) is 104 Å². The van der Waals surface area contributed by atoms with E-state index in [-0.39, 0.29) is 0 Å². The van der Waals surface area contributed by atoms with Crippen LogP contribution in [0.25, 0.3) is 61.4 Å². The number of rotatable bonds is 4. The first-order valence-corrected chi connectivity index (χ1v) is 12.9. The monoisotopic (exact) mass is 491 g/mol. The summed E-state index contributed by atoms with van der Waals surface area (Å²) in [4.78, 5) is 15.0. The van der Waals surface area contributed by atoms with Crippen LogP contribution in [0.1, 0.15) is 19.2 Å². The van der Waals surface area contributed by atoms with Gasteiger partial charge in [0.1, 0.15) is 11.2 Å². The summed E-state index contributed by atoms with van der Waals surface area (Å²) in [5.41, 5.74) is 6.74. The quantitative estimate of drug-likeness (QED) is 0.247. The SMILES string of the molecule is CC1C=CC(c2nc(-c3ccccc3)nc(-c3cc(-c4ccccc4)cc4oc5ccccc5c34)n2)=CC1. The second-order valence-electron chi connectivity index (χ2n) is 9.77. The van der Waals surface area contributed by atoms with Crippen LogP contribution in [0.5, 0.6) is 0 Å². The zero-order chi connectivity index (χ0) is 25.5. The summed E-state index contributed by atoms with van der Waals surface area (Å²) in [6.07, 6.45) is 7.54. The van der Waals surface area contributed by atoms with Crippen LogP contribution in [-0.4, -0.2) is 15.0 Å². The Morgan fingerprint density at radius 2 is 1.34 bits per heavy atom. The van der Waals surface area contributed by atoms with E-state index in [4.69, 9.17) is 19.4 Å². The second-order valence-corrected chi connectivity index (χ2v) is 9.77. The Morgan fingerprint density at radius 3 is 2.11 bits per heavy atom. The van der Waals surface area contributed by atoms with Crippen molar-refractivity contribution in [2.24, 2.45) is 5.92 Å². The molecule has 1 atom stereocenters. The Labute approximate surface area is 221 Å². The molecule has 4 aromatic carbocycles. The molecule has 1 unspecified atom stereocenters. The number of hydrogen-bond donors (Lipinski definition) is 0. The molecule has 4 nitrogen and oxygen atoms in total. The van der Waals surface area contributed by atoms with Crippen LogP contribution in [0.3, 0.4) is 0 Å². The third-order valence-electron chi connectivity index (χ3n) is 7.07. The van der Waals surface area contributed by atoms with Crippen molar-refractivity contribution in [3.63, 3.8) is 0 Å². The molecule has 0 fully saturated rings. The summed E-state index contributed by atoms with van der Waals surface area (Å²) in [7, 11) is 0. The molecule has 2 heterocycles.